The van der Waals surface area contributed by atoms with E-state index in [1.54, 1.807) is 18.4 Å². The Bertz CT molecular complexity index is 1200. The van der Waals surface area contributed by atoms with Gasteiger partial charge in [0.15, 0.2) is 0 Å². The normalized spacial score (nSPS) is 11.8. The fourth-order valence-corrected chi connectivity index (χ4v) is 4.27. The van der Waals surface area contributed by atoms with Crippen LogP contribution in [0.2, 0.25) is 0 Å². The number of rotatable bonds is 6. The summed E-state index contributed by atoms with van der Waals surface area (Å²) in [6.45, 7) is 3.06. The maximum absolute atomic E-state index is 12.8. The van der Waals surface area contributed by atoms with Gasteiger partial charge in [-0.05, 0) is 59.3 Å². The van der Waals surface area contributed by atoms with Crippen molar-refractivity contribution >= 4 is 22.2 Å². The highest BCUT2D eigenvalue weighted by molar-refractivity contribution is 7.08. The summed E-state index contributed by atoms with van der Waals surface area (Å²) in [5.41, 5.74) is 5.18. The summed E-state index contributed by atoms with van der Waals surface area (Å²) < 4.78 is 43.6. The molecule has 4 rings (SSSR count). The van der Waals surface area contributed by atoms with E-state index in [9.17, 15) is 13.2 Å². The molecule has 0 amide bonds. The van der Waals surface area contributed by atoms with Gasteiger partial charge in [-0.2, -0.15) is 24.5 Å². The van der Waals surface area contributed by atoms with Gasteiger partial charge in [-0.1, -0.05) is 12.1 Å². The number of halogens is 3. The van der Waals surface area contributed by atoms with Gasteiger partial charge in [0.05, 0.1) is 23.9 Å². The molecule has 0 bridgehead atoms. The highest BCUT2D eigenvalue weighted by atomic mass is 32.1. The Kier molecular flexibility index (Phi) is 5.98. The number of methoxy groups -OCH3 is 1. The van der Waals surface area contributed by atoms with Crippen molar-refractivity contribution in [1.29, 1.82) is 0 Å². The summed E-state index contributed by atoms with van der Waals surface area (Å²) in [6.07, 6.45) is -4.32. The van der Waals surface area contributed by atoms with Gasteiger partial charge in [-0.15, -0.1) is 0 Å². The molecule has 0 unspecified atom stereocenters. The summed E-state index contributed by atoms with van der Waals surface area (Å²) in [7, 11) is 1.63. The minimum atomic E-state index is -4.32. The van der Waals surface area contributed by atoms with Crippen LogP contribution in [-0.4, -0.2) is 12.1 Å². The van der Waals surface area contributed by atoms with Gasteiger partial charge in [0.25, 0.3) is 0 Å². The molecule has 0 spiro atoms. The number of benzene rings is 2. The van der Waals surface area contributed by atoms with Crippen LogP contribution in [0.1, 0.15) is 22.3 Å². The summed E-state index contributed by atoms with van der Waals surface area (Å²) >= 11 is 1.63. The molecule has 0 saturated heterocycles. The number of pyridine rings is 1. The van der Waals surface area contributed by atoms with Crippen LogP contribution in [0.4, 0.5) is 13.2 Å². The van der Waals surface area contributed by atoms with Crippen molar-refractivity contribution in [2.75, 3.05) is 7.11 Å². The smallest absolute Gasteiger partial charge is 0.416 e. The van der Waals surface area contributed by atoms with E-state index < -0.39 is 11.7 Å². The zero-order chi connectivity index (χ0) is 22.0. The molecule has 0 atom stereocenters. The Morgan fingerprint density at radius 1 is 1.00 bits per heavy atom. The van der Waals surface area contributed by atoms with Crippen LogP contribution in [0.25, 0.3) is 22.2 Å². The van der Waals surface area contributed by atoms with E-state index >= 15 is 0 Å². The van der Waals surface area contributed by atoms with Crippen LogP contribution >= 0.6 is 11.3 Å². The van der Waals surface area contributed by atoms with Crippen LogP contribution in [0.5, 0.6) is 5.75 Å². The van der Waals surface area contributed by atoms with E-state index in [2.05, 4.69) is 29.1 Å². The van der Waals surface area contributed by atoms with Crippen LogP contribution in [0.3, 0.4) is 0 Å². The van der Waals surface area contributed by atoms with Gasteiger partial charge in [-0.3, -0.25) is 0 Å². The average Bonchev–Trinajstić information content (AvgIpc) is 3.18. The van der Waals surface area contributed by atoms with Crippen molar-refractivity contribution in [2.45, 2.75) is 26.2 Å². The second-order valence-electron chi connectivity index (χ2n) is 7.32. The Labute approximate surface area is 182 Å². The Balaban J connectivity index is 1.59. The molecule has 0 aliphatic carbocycles. The first-order valence-corrected chi connectivity index (χ1v) is 10.7. The number of fused-ring (bicyclic) bond motifs is 1. The van der Waals surface area contributed by atoms with Gasteiger partial charge >= 0.3 is 6.18 Å². The van der Waals surface area contributed by atoms with E-state index in [0.29, 0.717) is 13.1 Å². The fraction of sp³-hybridized carbons (Fsp3) is 0.208. The number of ether oxygens (including phenoxy) is 1. The lowest BCUT2D eigenvalue weighted by Gasteiger charge is -2.13. The lowest BCUT2D eigenvalue weighted by atomic mass is 10.0. The van der Waals surface area contributed by atoms with Crippen LogP contribution in [-0.2, 0) is 19.3 Å². The number of hydrogen-bond donors (Lipinski definition) is 1. The predicted molar refractivity (Wildman–Crippen MR) is 118 cm³/mol. The number of thiophene rings is 1. The second-order valence-corrected chi connectivity index (χ2v) is 8.07. The SMILES string of the molecule is COc1ccc2cc(CNCc3ccc(C(F)(F)F)cc3)c(-c3cscc3C)nc2c1. The monoisotopic (exact) mass is 442 g/mol. The van der Waals surface area contributed by atoms with Crippen molar-refractivity contribution < 1.29 is 17.9 Å². The van der Waals surface area contributed by atoms with Gasteiger partial charge < -0.3 is 10.1 Å². The number of hydrogen-bond acceptors (Lipinski definition) is 4. The first-order chi connectivity index (χ1) is 14.8. The largest absolute Gasteiger partial charge is 0.497 e. The zero-order valence-electron chi connectivity index (χ0n) is 17.1. The molecule has 2 aromatic carbocycles. The topological polar surface area (TPSA) is 34.1 Å². The molecule has 31 heavy (non-hydrogen) atoms. The lowest BCUT2D eigenvalue weighted by Crippen LogP contribution is -2.14. The molecule has 0 saturated carbocycles. The van der Waals surface area contributed by atoms with Gasteiger partial charge in [0, 0.05) is 35.5 Å². The minimum absolute atomic E-state index is 0.459. The van der Waals surface area contributed by atoms with Crippen molar-refractivity contribution in [1.82, 2.24) is 10.3 Å². The highest BCUT2D eigenvalue weighted by Crippen LogP contribution is 2.32. The highest BCUT2D eigenvalue weighted by Gasteiger charge is 2.29. The summed E-state index contributed by atoms with van der Waals surface area (Å²) in [5.74, 6) is 0.751. The summed E-state index contributed by atoms with van der Waals surface area (Å²) in [4.78, 5) is 4.91. The molecule has 0 aliphatic heterocycles. The standard InChI is InChI=1S/C24H21F3N2OS/c1-15-13-31-14-21(15)23-18(9-17-5-8-20(30-2)10-22(17)29-23)12-28-11-16-3-6-19(7-4-16)24(25,26)27/h3-10,13-14,28H,11-12H2,1-2H3. The second kappa shape index (κ2) is 8.69. The molecule has 2 heterocycles. The Morgan fingerprint density at radius 3 is 2.42 bits per heavy atom. The molecule has 1 N–H and O–H groups in total. The van der Waals surface area contributed by atoms with Crippen molar-refractivity contribution in [3.05, 3.63) is 81.5 Å². The molecular weight excluding hydrogens is 421 g/mol. The summed E-state index contributed by atoms with van der Waals surface area (Å²) in [6, 6.07) is 13.1. The minimum Gasteiger partial charge on any atom is -0.497 e. The summed E-state index contributed by atoms with van der Waals surface area (Å²) in [5, 5.41) is 8.52. The number of nitrogens with one attached hydrogen (secondary N) is 1. The van der Waals surface area contributed by atoms with E-state index in [1.165, 1.54) is 12.1 Å². The first-order valence-electron chi connectivity index (χ1n) is 9.73. The van der Waals surface area contributed by atoms with Gasteiger partial charge in [-0.25, -0.2) is 4.98 Å². The Morgan fingerprint density at radius 2 is 1.77 bits per heavy atom. The van der Waals surface area contributed by atoms with E-state index in [4.69, 9.17) is 9.72 Å². The van der Waals surface area contributed by atoms with Crippen LogP contribution in [0, 0.1) is 6.92 Å². The molecule has 160 valence electrons. The molecule has 4 aromatic rings. The maximum Gasteiger partial charge on any atom is 0.416 e. The molecule has 0 fully saturated rings. The van der Waals surface area contributed by atoms with Crippen LogP contribution in [0.15, 0.2) is 59.3 Å². The quantitative estimate of drug-likeness (QED) is 0.366. The number of aromatic nitrogens is 1. The van der Waals surface area contributed by atoms with E-state index in [0.717, 1.165) is 56.7 Å². The average molecular weight is 443 g/mol. The maximum atomic E-state index is 12.8. The van der Waals surface area contributed by atoms with Crippen molar-refractivity contribution in [3.63, 3.8) is 0 Å². The predicted octanol–water partition coefficient (Wildman–Crippen LogP) is 6.59. The van der Waals surface area contributed by atoms with E-state index in [-0.39, 0.29) is 0 Å². The molecular formula is C24H21F3N2OS. The van der Waals surface area contributed by atoms with E-state index in [1.807, 2.05) is 18.2 Å². The third kappa shape index (κ3) is 4.73. The third-order valence-corrected chi connectivity index (χ3v) is 6.00. The number of alkyl halides is 3. The molecule has 7 heteroatoms. The molecule has 0 aliphatic rings. The molecule has 3 nitrogen and oxygen atoms in total. The fourth-order valence-electron chi connectivity index (χ4n) is 3.44. The van der Waals surface area contributed by atoms with Crippen LogP contribution < -0.4 is 10.1 Å². The lowest BCUT2D eigenvalue weighted by molar-refractivity contribution is -0.137. The first kappa shape index (κ1) is 21.3. The number of aryl methyl sites for hydroxylation is 1. The molecule has 2 aromatic heterocycles. The van der Waals surface area contributed by atoms with Crippen molar-refractivity contribution in [2.24, 2.45) is 0 Å². The Hall–Kier alpha value is -2.90. The van der Waals surface area contributed by atoms with Gasteiger partial charge in [0.1, 0.15) is 5.75 Å². The third-order valence-electron chi connectivity index (χ3n) is 5.14. The van der Waals surface area contributed by atoms with Crippen molar-refractivity contribution in [3.8, 4) is 17.0 Å². The van der Waals surface area contributed by atoms with Gasteiger partial charge in [0.2, 0.25) is 0 Å². The zero-order valence-corrected chi connectivity index (χ0v) is 17.9. The number of nitrogens with zero attached hydrogens (tertiary/aromatic N) is 1. The molecule has 0 radical (unpaired) electrons.